The predicted molar refractivity (Wildman–Crippen MR) is 148 cm³/mol. The first-order chi connectivity index (χ1) is 19.1. The van der Waals surface area contributed by atoms with Gasteiger partial charge in [-0.15, -0.1) is 0 Å². The minimum absolute atomic E-state index is 0.0568. The summed E-state index contributed by atoms with van der Waals surface area (Å²) in [6.45, 7) is 10.6. The molecule has 1 aliphatic rings. The van der Waals surface area contributed by atoms with E-state index in [9.17, 15) is 18.0 Å². The number of carbonyl (C=O) groups is 1. The zero-order chi connectivity index (χ0) is 28.7. The van der Waals surface area contributed by atoms with Crippen LogP contribution in [-0.4, -0.2) is 60.1 Å². The van der Waals surface area contributed by atoms with Crippen LogP contribution in [0, 0.1) is 6.92 Å². The third kappa shape index (κ3) is 7.86. The van der Waals surface area contributed by atoms with Crippen molar-refractivity contribution in [2.75, 3.05) is 50.0 Å². The molecule has 2 aromatic carbocycles. The number of carbonyl (C=O) groups excluding carboxylic acids is 1. The molecule has 4 rings (SSSR count). The van der Waals surface area contributed by atoms with Gasteiger partial charge in [0.05, 0.1) is 24.1 Å². The number of anilines is 2. The number of aryl methyl sites for hydroxylation is 1. The molecular formula is C29H34F3N5O3. The summed E-state index contributed by atoms with van der Waals surface area (Å²) in [6, 6.07) is 11.6. The second-order valence-electron chi connectivity index (χ2n) is 9.47. The number of benzene rings is 2. The van der Waals surface area contributed by atoms with Gasteiger partial charge in [-0.05, 0) is 62.4 Å². The molecule has 3 aromatic rings. The molecule has 1 saturated heterocycles. The van der Waals surface area contributed by atoms with Gasteiger partial charge in [-0.2, -0.15) is 13.2 Å². The fourth-order valence-corrected chi connectivity index (χ4v) is 4.45. The average Bonchev–Trinajstić information content (AvgIpc) is 2.92. The standard InChI is InChI=1S/C29H34F3N5O3/c1-4-36-12-14-37(15-13-36)19-21-6-7-23(16-26(21)29(30,31)32)35-28(38)34-22-8-10-24(11-9-22)40-25-17-27(39-5-2)20(3)33-18-25/h6-11,16-18H,4-5,12-15,19H2,1-3H3,(H2,34,35,38). The van der Waals surface area contributed by atoms with Gasteiger partial charge in [-0.3, -0.25) is 9.88 Å². The highest BCUT2D eigenvalue weighted by atomic mass is 19.4. The smallest absolute Gasteiger partial charge is 0.416 e. The maximum atomic E-state index is 13.9. The number of urea groups is 1. The molecule has 0 aliphatic carbocycles. The van der Waals surface area contributed by atoms with Crippen LogP contribution in [0.4, 0.5) is 29.3 Å². The molecule has 2 amide bonds. The van der Waals surface area contributed by atoms with Crippen LogP contribution >= 0.6 is 0 Å². The Morgan fingerprint density at radius 2 is 1.57 bits per heavy atom. The first-order valence-electron chi connectivity index (χ1n) is 13.2. The molecule has 11 heteroatoms. The normalized spacial score (nSPS) is 14.6. The van der Waals surface area contributed by atoms with Gasteiger partial charge in [0.1, 0.15) is 17.2 Å². The van der Waals surface area contributed by atoms with Crippen molar-refractivity contribution in [1.82, 2.24) is 14.8 Å². The lowest BCUT2D eigenvalue weighted by Gasteiger charge is -2.34. The molecule has 214 valence electrons. The number of hydrogen-bond acceptors (Lipinski definition) is 6. The minimum Gasteiger partial charge on any atom is -0.492 e. The van der Waals surface area contributed by atoms with Gasteiger partial charge in [-0.25, -0.2) is 4.79 Å². The molecule has 2 N–H and O–H groups in total. The number of nitrogens with zero attached hydrogens (tertiary/aromatic N) is 3. The number of amides is 2. The Kier molecular flexibility index (Phi) is 9.49. The zero-order valence-electron chi connectivity index (χ0n) is 22.8. The average molecular weight is 558 g/mol. The lowest BCUT2D eigenvalue weighted by atomic mass is 10.0. The highest BCUT2D eigenvalue weighted by molar-refractivity contribution is 5.99. The summed E-state index contributed by atoms with van der Waals surface area (Å²) in [5, 5.41) is 5.13. The summed E-state index contributed by atoms with van der Waals surface area (Å²) >= 11 is 0. The van der Waals surface area contributed by atoms with Gasteiger partial charge in [-0.1, -0.05) is 13.0 Å². The number of alkyl halides is 3. The molecule has 2 heterocycles. The molecule has 40 heavy (non-hydrogen) atoms. The third-order valence-corrected chi connectivity index (χ3v) is 6.64. The Morgan fingerprint density at radius 3 is 2.23 bits per heavy atom. The largest absolute Gasteiger partial charge is 0.492 e. The zero-order valence-corrected chi connectivity index (χ0v) is 22.8. The van der Waals surface area contributed by atoms with E-state index in [0.717, 1.165) is 31.4 Å². The Bertz CT molecular complexity index is 1290. The fraction of sp³-hybridized carbons (Fsp3) is 0.379. The van der Waals surface area contributed by atoms with Gasteiger partial charge < -0.3 is 25.0 Å². The van der Waals surface area contributed by atoms with E-state index < -0.39 is 17.8 Å². The van der Waals surface area contributed by atoms with E-state index in [2.05, 4.69) is 27.4 Å². The molecule has 0 saturated carbocycles. The molecule has 0 atom stereocenters. The summed E-state index contributed by atoms with van der Waals surface area (Å²) in [5.74, 6) is 1.65. The van der Waals surface area contributed by atoms with Crippen molar-refractivity contribution in [2.24, 2.45) is 0 Å². The predicted octanol–water partition coefficient (Wildman–Crippen LogP) is 6.38. The lowest BCUT2D eigenvalue weighted by Crippen LogP contribution is -2.45. The van der Waals surface area contributed by atoms with Crippen LogP contribution in [0.3, 0.4) is 0 Å². The Balaban J connectivity index is 1.36. The number of rotatable bonds is 9. The monoisotopic (exact) mass is 557 g/mol. The lowest BCUT2D eigenvalue weighted by molar-refractivity contribution is -0.138. The molecule has 0 bridgehead atoms. The summed E-state index contributed by atoms with van der Waals surface area (Å²) in [5.41, 5.74) is 0.697. The van der Waals surface area contributed by atoms with Crippen LogP contribution in [0.25, 0.3) is 0 Å². The van der Waals surface area contributed by atoms with Crippen molar-refractivity contribution in [1.29, 1.82) is 0 Å². The maximum Gasteiger partial charge on any atom is 0.416 e. The Morgan fingerprint density at radius 1 is 0.925 bits per heavy atom. The molecule has 0 unspecified atom stereocenters. The van der Waals surface area contributed by atoms with E-state index in [1.54, 1.807) is 36.5 Å². The summed E-state index contributed by atoms with van der Waals surface area (Å²) < 4.78 is 53.0. The van der Waals surface area contributed by atoms with Crippen molar-refractivity contribution in [3.8, 4) is 17.2 Å². The van der Waals surface area contributed by atoms with Crippen molar-refractivity contribution < 1.29 is 27.4 Å². The van der Waals surface area contributed by atoms with Gasteiger partial charge in [0.25, 0.3) is 0 Å². The summed E-state index contributed by atoms with van der Waals surface area (Å²) in [6.07, 6.45) is -2.95. The number of halogens is 3. The quantitative estimate of drug-likeness (QED) is 0.318. The van der Waals surface area contributed by atoms with E-state index in [4.69, 9.17) is 9.47 Å². The van der Waals surface area contributed by atoms with Gasteiger partial charge in [0.2, 0.25) is 0 Å². The Labute approximate surface area is 232 Å². The van der Waals surface area contributed by atoms with Crippen molar-refractivity contribution >= 4 is 17.4 Å². The number of nitrogens with one attached hydrogen (secondary N) is 2. The van der Waals surface area contributed by atoms with Gasteiger partial charge >= 0.3 is 12.2 Å². The number of piperazine rings is 1. The highest BCUT2D eigenvalue weighted by Gasteiger charge is 2.34. The SMILES string of the molecule is CCOc1cc(Oc2ccc(NC(=O)Nc3ccc(CN4CCN(CC)CC4)c(C(F)(F)F)c3)cc2)cnc1C. The molecule has 1 aromatic heterocycles. The van der Waals surface area contributed by atoms with E-state index in [-0.39, 0.29) is 17.8 Å². The van der Waals surface area contributed by atoms with Crippen molar-refractivity contribution in [3.63, 3.8) is 0 Å². The van der Waals surface area contributed by atoms with Crippen LogP contribution in [0.1, 0.15) is 30.7 Å². The van der Waals surface area contributed by atoms with Crippen molar-refractivity contribution in [3.05, 3.63) is 71.5 Å². The van der Waals surface area contributed by atoms with Gasteiger partial charge in [0.15, 0.2) is 0 Å². The maximum absolute atomic E-state index is 13.9. The number of pyridine rings is 1. The Hall–Kier alpha value is -3.83. The molecule has 0 spiro atoms. The van der Waals surface area contributed by atoms with Gasteiger partial charge in [0, 0.05) is 50.2 Å². The summed E-state index contributed by atoms with van der Waals surface area (Å²) in [7, 11) is 0. The number of aromatic nitrogens is 1. The second-order valence-corrected chi connectivity index (χ2v) is 9.47. The second kappa shape index (κ2) is 13.0. The van der Waals surface area contributed by atoms with E-state index in [1.807, 2.05) is 18.7 Å². The van der Waals surface area contributed by atoms with E-state index in [0.29, 0.717) is 42.6 Å². The minimum atomic E-state index is -4.54. The number of likely N-dealkylation sites (N-methyl/N-ethyl adjacent to an activating group) is 1. The number of hydrogen-bond donors (Lipinski definition) is 2. The van der Waals surface area contributed by atoms with E-state index in [1.165, 1.54) is 12.1 Å². The van der Waals surface area contributed by atoms with Crippen LogP contribution in [0.5, 0.6) is 17.2 Å². The first kappa shape index (κ1) is 29.2. The van der Waals surface area contributed by atoms with Crippen LogP contribution in [-0.2, 0) is 12.7 Å². The first-order valence-corrected chi connectivity index (χ1v) is 13.2. The summed E-state index contributed by atoms with van der Waals surface area (Å²) in [4.78, 5) is 21.1. The highest BCUT2D eigenvalue weighted by Crippen LogP contribution is 2.35. The van der Waals surface area contributed by atoms with Crippen molar-refractivity contribution in [2.45, 2.75) is 33.5 Å². The van der Waals surface area contributed by atoms with Crippen LogP contribution in [0.2, 0.25) is 0 Å². The molecule has 1 fully saturated rings. The molecule has 0 radical (unpaired) electrons. The molecule has 8 nitrogen and oxygen atoms in total. The van der Waals surface area contributed by atoms with Crippen LogP contribution < -0.4 is 20.1 Å². The topological polar surface area (TPSA) is 79.0 Å². The fourth-order valence-electron chi connectivity index (χ4n) is 4.45. The van der Waals surface area contributed by atoms with Crippen LogP contribution in [0.15, 0.2) is 54.7 Å². The number of ether oxygens (including phenoxy) is 2. The van der Waals surface area contributed by atoms with E-state index >= 15 is 0 Å². The third-order valence-electron chi connectivity index (χ3n) is 6.64. The molecule has 1 aliphatic heterocycles. The molecular weight excluding hydrogens is 523 g/mol.